The number of halogens is 2. The lowest BCUT2D eigenvalue weighted by atomic mass is 9.75. The van der Waals surface area contributed by atoms with E-state index in [0.29, 0.717) is 10.0 Å². The minimum atomic E-state index is -0.293. The molecule has 1 aliphatic carbocycles. The highest BCUT2D eigenvalue weighted by Crippen LogP contribution is 2.54. The van der Waals surface area contributed by atoms with Crippen molar-refractivity contribution >= 4 is 34.6 Å². The summed E-state index contributed by atoms with van der Waals surface area (Å²) in [7, 11) is 0. The Bertz CT molecular complexity index is 911. The average molecular weight is 375 g/mol. The third kappa shape index (κ3) is 2.60. The van der Waals surface area contributed by atoms with Crippen molar-refractivity contribution < 1.29 is 4.92 Å². The SMILES string of the molecule is Cc1ccc([N+](=O)[O-])c2c1N[C@H](c1ccc(Cl)cc1Cl)[C@@H]1CC=C[C@@H]21. The normalized spacial score (nSPS) is 23.7. The van der Waals surface area contributed by atoms with E-state index in [1.165, 1.54) is 0 Å². The molecule has 0 radical (unpaired) electrons. The van der Waals surface area contributed by atoms with Crippen LogP contribution in [0.15, 0.2) is 42.5 Å². The first kappa shape index (κ1) is 16.4. The van der Waals surface area contributed by atoms with E-state index in [-0.39, 0.29) is 28.5 Å². The lowest BCUT2D eigenvalue weighted by Gasteiger charge is -2.38. The molecule has 128 valence electrons. The number of nitrogens with one attached hydrogen (secondary N) is 1. The molecule has 0 amide bonds. The molecule has 0 bridgehead atoms. The van der Waals surface area contributed by atoms with E-state index < -0.39 is 0 Å². The van der Waals surface area contributed by atoms with Crippen LogP contribution >= 0.6 is 23.2 Å². The van der Waals surface area contributed by atoms with Gasteiger partial charge in [0.05, 0.1) is 16.5 Å². The van der Waals surface area contributed by atoms with Crippen molar-refractivity contribution in [1.29, 1.82) is 0 Å². The second kappa shape index (κ2) is 6.04. The number of hydrogen-bond donors (Lipinski definition) is 1. The van der Waals surface area contributed by atoms with Gasteiger partial charge in [0, 0.05) is 27.7 Å². The van der Waals surface area contributed by atoms with Crippen LogP contribution in [0, 0.1) is 23.0 Å². The van der Waals surface area contributed by atoms with Crippen molar-refractivity contribution in [3.63, 3.8) is 0 Å². The number of aryl methyl sites for hydroxylation is 1. The average Bonchev–Trinajstić information content (AvgIpc) is 3.04. The first-order valence-electron chi connectivity index (χ1n) is 8.13. The van der Waals surface area contributed by atoms with Gasteiger partial charge in [-0.1, -0.05) is 47.5 Å². The van der Waals surface area contributed by atoms with E-state index in [1.54, 1.807) is 18.2 Å². The smallest absolute Gasteiger partial charge is 0.275 e. The minimum Gasteiger partial charge on any atom is -0.377 e. The molecule has 2 aromatic rings. The van der Waals surface area contributed by atoms with Crippen LogP contribution in [-0.4, -0.2) is 4.92 Å². The maximum atomic E-state index is 11.5. The Morgan fingerprint density at radius 1 is 1.24 bits per heavy atom. The van der Waals surface area contributed by atoms with Crippen molar-refractivity contribution in [2.75, 3.05) is 5.32 Å². The largest absolute Gasteiger partial charge is 0.377 e. The summed E-state index contributed by atoms with van der Waals surface area (Å²) in [5.41, 5.74) is 3.77. The monoisotopic (exact) mass is 374 g/mol. The zero-order valence-electron chi connectivity index (χ0n) is 13.5. The Morgan fingerprint density at radius 2 is 2.04 bits per heavy atom. The lowest BCUT2D eigenvalue weighted by molar-refractivity contribution is -0.385. The Morgan fingerprint density at radius 3 is 2.76 bits per heavy atom. The molecule has 2 aliphatic rings. The van der Waals surface area contributed by atoms with Gasteiger partial charge >= 0.3 is 0 Å². The first-order valence-corrected chi connectivity index (χ1v) is 8.89. The van der Waals surface area contributed by atoms with Crippen molar-refractivity contribution in [2.45, 2.75) is 25.3 Å². The van der Waals surface area contributed by atoms with Gasteiger partial charge in [0.1, 0.15) is 0 Å². The second-order valence-electron chi connectivity index (χ2n) is 6.59. The fraction of sp³-hybridized carbons (Fsp3) is 0.263. The Balaban J connectivity index is 1.89. The van der Waals surface area contributed by atoms with E-state index in [0.717, 1.165) is 28.8 Å². The molecule has 1 heterocycles. The summed E-state index contributed by atoms with van der Waals surface area (Å²) in [4.78, 5) is 11.2. The van der Waals surface area contributed by atoms with Crippen LogP contribution in [-0.2, 0) is 0 Å². The summed E-state index contributed by atoms with van der Waals surface area (Å²) < 4.78 is 0. The predicted molar refractivity (Wildman–Crippen MR) is 101 cm³/mol. The van der Waals surface area contributed by atoms with Gasteiger partial charge < -0.3 is 5.32 Å². The summed E-state index contributed by atoms with van der Waals surface area (Å²) >= 11 is 12.5. The van der Waals surface area contributed by atoms with Gasteiger partial charge in [0.2, 0.25) is 0 Å². The minimum absolute atomic E-state index is 0.00768. The summed E-state index contributed by atoms with van der Waals surface area (Å²) in [6.07, 6.45) is 5.05. The van der Waals surface area contributed by atoms with E-state index >= 15 is 0 Å². The fourth-order valence-electron chi connectivity index (χ4n) is 4.06. The number of hydrogen-bond acceptors (Lipinski definition) is 3. The van der Waals surface area contributed by atoms with E-state index in [9.17, 15) is 10.1 Å². The molecular weight excluding hydrogens is 359 g/mol. The Labute approximate surface area is 155 Å². The molecule has 6 heteroatoms. The number of anilines is 1. The highest BCUT2D eigenvalue weighted by molar-refractivity contribution is 6.35. The Hall–Kier alpha value is -2.04. The fourth-order valence-corrected chi connectivity index (χ4v) is 4.58. The predicted octanol–water partition coefficient (Wildman–Crippen LogP) is 6.04. The van der Waals surface area contributed by atoms with Crippen LogP contribution < -0.4 is 5.32 Å². The van der Waals surface area contributed by atoms with Crippen LogP contribution in [0.1, 0.15) is 35.1 Å². The van der Waals surface area contributed by atoms with Crippen molar-refractivity contribution in [2.24, 2.45) is 5.92 Å². The highest BCUT2D eigenvalue weighted by atomic mass is 35.5. The molecule has 3 atom stereocenters. The quantitative estimate of drug-likeness (QED) is 0.396. The maximum Gasteiger partial charge on any atom is 0.275 e. The van der Waals surface area contributed by atoms with Crippen LogP contribution in [0.25, 0.3) is 0 Å². The van der Waals surface area contributed by atoms with Gasteiger partial charge in [0.25, 0.3) is 5.69 Å². The molecular formula is C19H16Cl2N2O2. The molecule has 4 nitrogen and oxygen atoms in total. The highest BCUT2D eigenvalue weighted by Gasteiger charge is 2.42. The van der Waals surface area contributed by atoms with E-state index in [1.807, 2.05) is 19.1 Å². The van der Waals surface area contributed by atoms with Gasteiger partial charge in [-0.15, -0.1) is 0 Å². The molecule has 0 saturated heterocycles. The van der Waals surface area contributed by atoms with Crippen molar-refractivity contribution in [3.8, 4) is 0 Å². The van der Waals surface area contributed by atoms with Crippen LogP contribution in [0.2, 0.25) is 10.0 Å². The van der Waals surface area contributed by atoms with Gasteiger partial charge in [0.15, 0.2) is 0 Å². The summed E-state index contributed by atoms with van der Waals surface area (Å²) in [6, 6.07) is 8.90. The maximum absolute atomic E-state index is 11.5. The number of nitro benzene ring substituents is 1. The number of benzene rings is 2. The standard InChI is InChI=1S/C19H16Cl2N2O2/c1-10-5-8-16(23(24)25)17-12-3-2-4-13(12)19(22-18(10)17)14-7-6-11(20)9-15(14)21/h2-3,5-9,12-13,19,22H,4H2,1H3/t12-,13-,19+/m1/s1. The number of nitro groups is 1. The van der Waals surface area contributed by atoms with Gasteiger partial charge in [-0.25, -0.2) is 0 Å². The van der Waals surface area contributed by atoms with E-state index in [2.05, 4.69) is 17.5 Å². The molecule has 2 aromatic carbocycles. The van der Waals surface area contributed by atoms with Crippen LogP contribution in [0.3, 0.4) is 0 Å². The van der Waals surface area contributed by atoms with Crippen LogP contribution in [0.5, 0.6) is 0 Å². The molecule has 25 heavy (non-hydrogen) atoms. The summed E-state index contributed by atoms with van der Waals surface area (Å²) in [5, 5.41) is 16.3. The van der Waals surface area contributed by atoms with E-state index in [4.69, 9.17) is 23.2 Å². The van der Waals surface area contributed by atoms with Gasteiger partial charge in [-0.2, -0.15) is 0 Å². The number of nitrogens with zero attached hydrogens (tertiary/aromatic N) is 1. The summed E-state index contributed by atoms with van der Waals surface area (Å²) in [5.74, 6) is 0.194. The van der Waals surface area contributed by atoms with Crippen molar-refractivity contribution in [3.05, 3.63) is 79.3 Å². The third-order valence-corrected chi connectivity index (χ3v) is 5.76. The third-order valence-electron chi connectivity index (χ3n) is 5.20. The van der Waals surface area contributed by atoms with Gasteiger partial charge in [-0.3, -0.25) is 10.1 Å². The molecule has 0 unspecified atom stereocenters. The first-order chi connectivity index (χ1) is 12.0. The molecule has 0 saturated carbocycles. The van der Waals surface area contributed by atoms with Gasteiger partial charge in [-0.05, 0) is 42.5 Å². The zero-order chi connectivity index (χ0) is 17.7. The topological polar surface area (TPSA) is 55.2 Å². The number of fused-ring (bicyclic) bond motifs is 3. The summed E-state index contributed by atoms with van der Waals surface area (Å²) in [6.45, 7) is 1.97. The van der Waals surface area contributed by atoms with Crippen molar-refractivity contribution in [1.82, 2.24) is 0 Å². The Kier molecular flexibility index (Phi) is 3.97. The molecule has 4 rings (SSSR count). The lowest BCUT2D eigenvalue weighted by Crippen LogP contribution is -2.30. The molecule has 0 spiro atoms. The second-order valence-corrected chi connectivity index (χ2v) is 7.43. The number of rotatable bonds is 2. The van der Waals surface area contributed by atoms with Crippen LogP contribution in [0.4, 0.5) is 11.4 Å². The molecule has 1 aliphatic heterocycles. The molecule has 1 N–H and O–H groups in total. The number of allylic oxidation sites excluding steroid dienone is 2. The molecule has 0 aromatic heterocycles. The zero-order valence-corrected chi connectivity index (χ0v) is 15.0. The molecule has 0 fully saturated rings.